The van der Waals surface area contributed by atoms with E-state index in [4.69, 9.17) is 0 Å². The maximum Gasteiger partial charge on any atom is 0.251 e. The second-order valence-electron chi connectivity index (χ2n) is 3.46. The number of carbonyl (C=O) groups is 1. The van der Waals surface area contributed by atoms with Crippen molar-refractivity contribution in [3.8, 4) is 0 Å². The second-order valence-corrected chi connectivity index (χ2v) is 3.46. The molecule has 0 saturated carbocycles. The summed E-state index contributed by atoms with van der Waals surface area (Å²) in [5, 5.41) is 2.89. The molecular weight excluding hydrogens is 162 g/mol. The molecule has 0 fully saturated rings. The van der Waals surface area contributed by atoms with Crippen molar-refractivity contribution in [2.24, 2.45) is 0 Å². The largest absolute Gasteiger partial charge is 0.352 e. The highest BCUT2D eigenvalue weighted by Crippen LogP contribution is 2.17. The van der Waals surface area contributed by atoms with Gasteiger partial charge < -0.3 is 5.32 Å². The van der Waals surface area contributed by atoms with E-state index in [0.29, 0.717) is 0 Å². The van der Waals surface area contributed by atoms with Crippen molar-refractivity contribution in [1.82, 2.24) is 5.32 Å². The maximum absolute atomic E-state index is 11.5. The first-order valence-corrected chi connectivity index (χ1v) is 4.66. The minimum absolute atomic E-state index is 0.0798. The van der Waals surface area contributed by atoms with Gasteiger partial charge in [-0.2, -0.15) is 0 Å². The quantitative estimate of drug-likeness (QED) is 0.638. The summed E-state index contributed by atoms with van der Waals surface area (Å²) in [4.78, 5) is 11.5. The highest BCUT2D eigenvalue weighted by atomic mass is 16.1. The highest BCUT2D eigenvalue weighted by molar-refractivity contribution is 5.96. The Bertz CT molecular complexity index is 344. The molecule has 1 aromatic carbocycles. The number of amides is 1. The molecule has 1 heterocycles. The van der Waals surface area contributed by atoms with E-state index < -0.39 is 0 Å². The van der Waals surface area contributed by atoms with E-state index in [9.17, 15) is 4.79 Å². The third kappa shape index (κ3) is 1.44. The van der Waals surface area contributed by atoms with Gasteiger partial charge in [0, 0.05) is 12.1 Å². The Morgan fingerprint density at radius 3 is 3.08 bits per heavy atom. The summed E-state index contributed by atoms with van der Waals surface area (Å²) in [7, 11) is 0. The molecule has 0 radical (unpaired) electrons. The second kappa shape index (κ2) is 3.21. The van der Waals surface area contributed by atoms with Crippen molar-refractivity contribution in [2.75, 3.05) is 6.54 Å². The first-order valence-electron chi connectivity index (χ1n) is 4.66. The summed E-state index contributed by atoms with van der Waals surface area (Å²) in [6, 6.07) is 5.92. The zero-order valence-electron chi connectivity index (χ0n) is 7.76. The first kappa shape index (κ1) is 8.30. The summed E-state index contributed by atoms with van der Waals surface area (Å²) >= 11 is 0. The lowest BCUT2D eigenvalue weighted by Crippen LogP contribution is -2.22. The maximum atomic E-state index is 11.5. The molecule has 0 atom stereocenters. The Kier molecular flexibility index (Phi) is 2.05. The molecule has 1 aromatic rings. The Hall–Kier alpha value is -1.31. The van der Waals surface area contributed by atoms with Crippen LogP contribution in [-0.4, -0.2) is 12.5 Å². The van der Waals surface area contributed by atoms with Gasteiger partial charge in [0.15, 0.2) is 0 Å². The number of carbonyl (C=O) groups excluding carboxylic acids is 1. The van der Waals surface area contributed by atoms with Gasteiger partial charge in [0.1, 0.15) is 0 Å². The lowest BCUT2D eigenvalue weighted by atomic mass is 9.99. The Balaban J connectivity index is 2.54. The van der Waals surface area contributed by atoms with Crippen molar-refractivity contribution in [2.45, 2.75) is 19.8 Å². The van der Waals surface area contributed by atoms with Crippen LogP contribution < -0.4 is 5.32 Å². The van der Waals surface area contributed by atoms with E-state index in [0.717, 1.165) is 24.9 Å². The molecule has 0 spiro atoms. The molecule has 13 heavy (non-hydrogen) atoms. The minimum atomic E-state index is 0.0798. The number of nitrogens with one attached hydrogen (secondary N) is 1. The summed E-state index contributed by atoms with van der Waals surface area (Å²) in [5.74, 6) is 0.0798. The zero-order valence-corrected chi connectivity index (χ0v) is 7.76. The van der Waals surface area contributed by atoms with Gasteiger partial charge in [-0.15, -0.1) is 0 Å². The van der Waals surface area contributed by atoms with Gasteiger partial charge in [-0.3, -0.25) is 4.79 Å². The van der Waals surface area contributed by atoms with Crippen LogP contribution in [0.2, 0.25) is 0 Å². The van der Waals surface area contributed by atoms with Gasteiger partial charge in [-0.1, -0.05) is 12.1 Å². The molecule has 0 aromatic heterocycles. The van der Waals surface area contributed by atoms with E-state index >= 15 is 0 Å². The topological polar surface area (TPSA) is 29.1 Å². The van der Waals surface area contributed by atoms with Crippen LogP contribution in [-0.2, 0) is 6.42 Å². The van der Waals surface area contributed by atoms with Crippen LogP contribution in [0, 0.1) is 6.92 Å². The van der Waals surface area contributed by atoms with Gasteiger partial charge in [0.05, 0.1) is 0 Å². The molecule has 0 saturated heterocycles. The summed E-state index contributed by atoms with van der Waals surface area (Å²) in [6.07, 6.45) is 2.06. The zero-order chi connectivity index (χ0) is 9.26. The molecule has 1 amide bonds. The van der Waals surface area contributed by atoms with E-state index in [-0.39, 0.29) is 5.91 Å². The van der Waals surface area contributed by atoms with Gasteiger partial charge in [0.25, 0.3) is 5.91 Å². The number of fused-ring (bicyclic) bond motifs is 1. The van der Waals surface area contributed by atoms with Crippen LogP contribution >= 0.6 is 0 Å². The molecule has 2 nitrogen and oxygen atoms in total. The van der Waals surface area contributed by atoms with Crippen molar-refractivity contribution in [3.63, 3.8) is 0 Å². The summed E-state index contributed by atoms with van der Waals surface area (Å²) in [6.45, 7) is 2.87. The standard InChI is InChI=1S/C11H13NO/c1-8-4-2-5-10-9(8)6-3-7-12-11(10)13/h2,4-5H,3,6-7H2,1H3,(H,12,13). The number of aryl methyl sites for hydroxylation is 1. The van der Waals surface area contributed by atoms with Crippen LogP contribution in [0.3, 0.4) is 0 Å². The first-order chi connectivity index (χ1) is 6.29. The monoisotopic (exact) mass is 175 g/mol. The van der Waals surface area contributed by atoms with E-state index in [1.54, 1.807) is 0 Å². The normalized spacial score (nSPS) is 15.9. The molecule has 2 heteroatoms. The minimum Gasteiger partial charge on any atom is -0.352 e. The van der Waals surface area contributed by atoms with Crippen LogP contribution in [0.25, 0.3) is 0 Å². The summed E-state index contributed by atoms with van der Waals surface area (Å²) < 4.78 is 0. The van der Waals surface area contributed by atoms with E-state index in [2.05, 4.69) is 18.3 Å². The molecule has 1 aliphatic heterocycles. The van der Waals surface area contributed by atoms with Crippen molar-refractivity contribution >= 4 is 5.91 Å². The fraction of sp³-hybridized carbons (Fsp3) is 0.364. The third-order valence-electron chi connectivity index (χ3n) is 2.54. The van der Waals surface area contributed by atoms with Gasteiger partial charge in [0.2, 0.25) is 0 Å². The third-order valence-corrected chi connectivity index (χ3v) is 2.54. The lowest BCUT2D eigenvalue weighted by Gasteiger charge is -2.06. The molecule has 1 aliphatic rings. The number of benzene rings is 1. The Labute approximate surface area is 78.0 Å². The molecule has 1 N–H and O–H groups in total. The fourth-order valence-corrected chi connectivity index (χ4v) is 1.81. The van der Waals surface area contributed by atoms with Crippen molar-refractivity contribution < 1.29 is 4.79 Å². The van der Waals surface area contributed by atoms with Crippen LogP contribution in [0.4, 0.5) is 0 Å². The lowest BCUT2D eigenvalue weighted by molar-refractivity contribution is 0.0956. The molecule has 0 bridgehead atoms. The summed E-state index contributed by atoms with van der Waals surface area (Å²) in [5.41, 5.74) is 3.31. The number of hydrogen-bond acceptors (Lipinski definition) is 1. The highest BCUT2D eigenvalue weighted by Gasteiger charge is 2.15. The van der Waals surface area contributed by atoms with Crippen LogP contribution in [0.1, 0.15) is 27.9 Å². The number of hydrogen-bond donors (Lipinski definition) is 1. The predicted octanol–water partition coefficient (Wildman–Crippen LogP) is 1.67. The Morgan fingerprint density at radius 1 is 1.38 bits per heavy atom. The molecule has 68 valence electrons. The number of rotatable bonds is 0. The fourth-order valence-electron chi connectivity index (χ4n) is 1.81. The van der Waals surface area contributed by atoms with Gasteiger partial charge in [-0.25, -0.2) is 0 Å². The van der Waals surface area contributed by atoms with Crippen molar-refractivity contribution in [1.29, 1.82) is 0 Å². The van der Waals surface area contributed by atoms with Crippen molar-refractivity contribution in [3.05, 3.63) is 34.9 Å². The SMILES string of the molecule is Cc1cccc2c1CCCNC2=O. The van der Waals surface area contributed by atoms with E-state index in [1.165, 1.54) is 11.1 Å². The van der Waals surface area contributed by atoms with E-state index in [1.807, 2.05) is 12.1 Å². The average molecular weight is 175 g/mol. The van der Waals surface area contributed by atoms with Gasteiger partial charge in [-0.05, 0) is 37.0 Å². The Morgan fingerprint density at radius 2 is 2.23 bits per heavy atom. The predicted molar refractivity (Wildman–Crippen MR) is 51.8 cm³/mol. The molecule has 2 rings (SSSR count). The smallest absolute Gasteiger partial charge is 0.251 e. The molecule has 0 unspecified atom stereocenters. The molecule has 0 aliphatic carbocycles. The average Bonchev–Trinajstić information content (AvgIpc) is 2.30. The van der Waals surface area contributed by atoms with Gasteiger partial charge >= 0.3 is 0 Å². The van der Waals surface area contributed by atoms with Crippen LogP contribution in [0.15, 0.2) is 18.2 Å². The van der Waals surface area contributed by atoms with Crippen LogP contribution in [0.5, 0.6) is 0 Å². The molecular formula is C11H13NO.